The molecule has 17 heavy (non-hydrogen) atoms. The zero-order valence-corrected chi connectivity index (χ0v) is 11.1. The zero-order chi connectivity index (χ0) is 12.5. The highest BCUT2D eigenvalue weighted by Crippen LogP contribution is 2.13. The summed E-state index contributed by atoms with van der Waals surface area (Å²) in [5, 5.41) is 0. The summed E-state index contributed by atoms with van der Waals surface area (Å²) in [5.41, 5.74) is 0. The summed E-state index contributed by atoms with van der Waals surface area (Å²) in [6, 6.07) is 0. The maximum atomic E-state index is 11.5. The molecule has 1 saturated heterocycles. The van der Waals surface area contributed by atoms with Gasteiger partial charge in [-0.3, -0.25) is 9.69 Å². The highest BCUT2D eigenvalue weighted by atomic mass is 16.5. The largest absolute Gasteiger partial charge is 0.465 e. The topological polar surface area (TPSA) is 38.8 Å². The van der Waals surface area contributed by atoms with Crippen molar-refractivity contribution in [2.45, 2.75) is 45.6 Å². The lowest BCUT2D eigenvalue weighted by molar-refractivity contribution is -0.145. The molecular formula is C13H25NO3. The minimum atomic E-state index is -0.0895. The van der Waals surface area contributed by atoms with Gasteiger partial charge in [-0.2, -0.15) is 0 Å². The number of piperidine rings is 1. The van der Waals surface area contributed by atoms with E-state index in [4.69, 9.17) is 9.47 Å². The van der Waals surface area contributed by atoms with Crippen LogP contribution in [0.1, 0.15) is 39.5 Å². The SMILES string of the molecule is CCCCOC(=O)CN1CCC(OCC)CC1. The average Bonchev–Trinajstić information content (AvgIpc) is 2.32. The minimum absolute atomic E-state index is 0.0895. The van der Waals surface area contributed by atoms with Crippen molar-refractivity contribution >= 4 is 5.97 Å². The summed E-state index contributed by atoms with van der Waals surface area (Å²) in [6.07, 6.45) is 4.45. The molecule has 0 aliphatic carbocycles. The first-order valence-corrected chi connectivity index (χ1v) is 6.75. The molecule has 1 fully saturated rings. The number of unbranched alkanes of at least 4 members (excludes halogenated alkanes) is 1. The highest BCUT2D eigenvalue weighted by Gasteiger charge is 2.21. The van der Waals surface area contributed by atoms with E-state index in [1.807, 2.05) is 6.92 Å². The summed E-state index contributed by atoms with van der Waals surface area (Å²) >= 11 is 0. The van der Waals surface area contributed by atoms with Gasteiger partial charge in [0, 0.05) is 19.7 Å². The fraction of sp³-hybridized carbons (Fsp3) is 0.923. The van der Waals surface area contributed by atoms with Crippen LogP contribution in [0.4, 0.5) is 0 Å². The molecule has 0 radical (unpaired) electrons. The van der Waals surface area contributed by atoms with Crippen LogP contribution in [-0.2, 0) is 14.3 Å². The highest BCUT2D eigenvalue weighted by molar-refractivity contribution is 5.71. The van der Waals surface area contributed by atoms with Crippen LogP contribution in [0, 0.1) is 0 Å². The van der Waals surface area contributed by atoms with E-state index in [0.29, 0.717) is 19.3 Å². The average molecular weight is 243 g/mol. The Morgan fingerprint density at radius 1 is 1.29 bits per heavy atom. The molecular weight excluding hydrogens is 218 g/mol. The molecule has 4 heteroatoms. The molecule has 0 N–H and O–H groups in total. The summed E-state index contributed by atoms with van der Waals surface area (Å²) in [6.45, 7) is 7.77. The summed E-state index contributed by atoms with van der Waals surface area (Å²) in [4.78, 5) is 13.7. The van der Waals surface area contributed by atoms with Crippen LogP contribution in [0.3, 0.4) is 0 Å². The molecule has 0 aromatic rings. The molecule has 0 unspecified atom stereocenters. The van der Waals surface area contributed by atoms with Crippen molar-refractivity contribution in [1.82, 2.24) is 4.90 Å². The van der Waals surface area contributed by atoms with E-state index in [-0.39, 0.29) is 5.97 Å². The Morgan fingerprint density at radius 2 is 2.00 bits per heavy atom. The Hall–Kier alpha value is -0.610. The van der Waals surface area contributed by atoms with Crippen LogP contribution in [0.15, 0.2) is 0 Å². The van der Waals surface area contributed by atoms with Crippen LogP contribution >= 0.6 is 0 Å². The second kappa shape index (κ2) is 8.48. The smallest absolute Gasteiger partial charge is 0.320 e. The molecule has 4 nitrogen and oxygen atoms in total. The van der Waals surface area contributed by atoms with E-state index in [2.05, 4.69) is 11.8 Å². The molecule has 0 amide bonds. The number of hydrogen-bond donors (Lipinski definition) is 0. The van der Waals surface area contributed by atoms with Crippen molar-refractivity contribution in [2.24, 2.45) is 0 Å². The number of carbonyl (C=O) groups is 1. The maximum Gasteiger partial charge on any atom is 0.320 e. The van der Waals surface area contributed by atoms with Gasteiger partial charge in [-0.25, -0.2) is 0 Å². The molecule has 1 rings (SSSR count). The van der Waals surface area contributed by atoms with Gasteiger partial charge in [0.05, 0.1) is 19.3 Å². The van der Waals surface area contributed by atoms with Gasteiger partial charge in [0.1, 0.15) is 0 Å². The van der Waals surface area contributed by atoms with Crippen molar-refractivity contribution in [2.75, 3.05) is 32.8 Å². The standard InChI is InChI=1S/C13H25NO3/c1-3-5-10-17-13(15)11-14-8-6-12(7-9-14)16-4-2/h12H,3-11H2,1-2H3. The van der Waals surface area contributed by atoms with Gasteiger partial charge in [-0.1, -0.05) is 13.3 Å². The van der Waals surface area contributed by atoms with Gasteiger partial charge in [-0.05, 0) is 26.2 Å². The van der Waals surface area contributed by atoms with E-state index in [0.717, 1.165) is 45.4 Å². The van der Waals surface area contributed by atoms with E-state index in [1.165, 1.54) is 0 Å². The monoisotopic (exact) mass is 243 g/mol. The predicted molar refractivity (Wildman–Crippen MR) is 67.0 cm³/mol. The van der Waals surface area contributed by atoms with Crippen LogP contribution in [0.2, 0.25) is 0 Å². The number of ether oxygens (including phenoxy) is 2. The molecule has 100 valence electrons. The van der Waals surface area contributed by atoms with Gasteiger partial charge < -0.3 is 9.47 Å². The number of esters is 1. The Balaban J connectivity index is 2.10. The maximum absolute atomic E-state index is 11.5. The number of nitrogens with zero attached hydrogens (tertiary/aromatic N) is 1. The fourth-order valence-corrected chi connectivity index (χ4v) is 2.03. The van der Waals surface area contributed by atoms with E-state index >= 15 is 0 Å². The number of hydrogen-bond acceptors (Lipinski definition) is 4. The molecule has 1 aliphatic heterocycles. The van der Waals surface area contributed by atoms with Gasteiger partial charge in [0.2, 0.25) is 0 Å². The summed E-state index contributed by atoms with van der Waals surface area (Å²) in [7, 11) is 0. The fourth-order valence-electron chi connectivity index (χ4n) is 2.03. The van der Waals surface area contributed by atoms with E-state index < -0.39 is 0 Å². The quantitative estimate of drug-likeness (QED) is 0.505. The Kier molecular flexibility index (Phi) is 7.21. The molecule has 0 saturated carbocycles. The minimum Gasteiger partial charge on any atom is -0.465 e. The first kappa shape index (κ1) is 14.5. The molecule has 0 spiro atoms. The normalized spacial score (nSPS) is 18.2. The van der Waals surface area contributed by atoms with Crippen molar-refractivity contribution < 1.29 is 14.3 Å². The first-order valence-electron chi connectivity index (χ1n) is 6.75. The van der Waals surface area contributed by atoms with Crippen molar-refractivity contribution in [3.05, 3.63) is 0 Å². The van der Waals surface area contributed by atoms with Gasteiger partial charge >= 0.3 is 5.97 Å². The third kappa shape index (κ3) is 6.03. The third-order valence-electron chi connectivity index (χ3n) is 3.05. The number of carbonyl (C=O) groups excluding carboxylic acids is 1. The zero-order valence-electron chi connectivity index (χ0n) is 11.1. The van der Waals surface area contributed by atoms with Gasteiger partial charge in [0.15, 0.2) is 0 Å². The van der Waals surface area contributed by atoms with Crippen molar-refractivity contribution in [3.8, 4) is 0 Å². The number of rotatable bonds is 7. The van der Waals surface area contributed by atoms with E-state index in [1.54, 1.807) is 0 Å². The lowest BCUT2D eigenvalue weighted by Crippen LogP contribution is -2.40. The van der Waals surface area contributed by atoms with Crippen molar-refractivity contribution in [1.29, 1.82) is 0 Å². The number of likely N-dealkylation sites (tertiary alicyclic amines) is 1. The van der Waals surface area contributed by atoms with Crippen LogP contribution in [-0.4, -0.2) is 49.8 Å². The molecule has 0 aromatic heterocycles. The lowest BCUT2D eigenvalue weighted by Gasteiger charge is -2.30. The molecule has 0 bridgehead atoms. The second-order valence-electron chi connectivity index (χ2n) is 4.50. The summed E-state index contributed by atoms with van der Waals surface area (Å²) in [5.74, 6) is -0.0895. The second-order valence-corrected chi connectivity index (χ2v) is 4.50. The Bertz CT molecular complexity index is 213. The van der Waals surface area contributed by atoms with Gasteiger partial charge in [-0.15, -0.1) is 0 Å². The Morgan fingerprint density at radius 3 is 2.59 bits per heavy atom. The van der Waals surface area contributed by atoms with Crippen molar-refractivity contribution in [3.63, 3.8) is 0 Å². The lowest BCUT2D eigenvalue weighted by atomic mass is 10.1. The van der Waals surface area contributed by atoms with Crippen LogP contribution in [0.25, 0.3) is 0 Å². The van der Waals surface area contributed by atoms with Crippen LogP contribution in [0.5, 0.6) is 0 Å². The first-order chi connectivity index (χ1) is 8.26. The molecule has 0 aromatic carbocycles. The molecule has 0 atom stereocenters. The summed E-state index contributed by atoms with van der Waals surface area (Å²) < 4.78 is 10.7. The Labute approximate surface area is 104 Å². The molecule has 1 heterocycles. The third-order valence-corrected chi connectivity index (χ3v) is 3.05. The molecule has 1 aliphatic rings. The predicted octanol–water partition coefficient (Wildman–Crippen LogP) is 1.83. The van der Waals surface area contributed by atoms with E-state index in [9.17, 15) is 4.79 Å². The van der Waals surface area contributed by atoms with Crippen LogP contribution < -0.4 is 0 Å². The van der Waals surface area contributed by atoms with Gasteiger partial charge in [0.25, 0.3) is 0 Å².